The lowest BCUT2D eigenvalue weighted by Gasteiger charge is -2.24. The highest BCUT2D eigenvalue weighted by Gasteiger charge is 2.10. The summed E-state index contributed by atoms with van der Waals surface area (Å²) in [6.07, 6.45) is 1.75. The maximum atomic E-state index is 14.1. The number of benzene rings is 1. The Bertz CT molecular complexity index is 555. The van der Waals surface area contributed by atoms with Crippen LogP contribution >= 0.6 is 0 Å². The van der Waals surface area contributed by atoms with Crippen molar-refractivity contribution in [3.8, 4) is 0 Å². The smallest absolute Gasteiger partial charge is 0.148 e. The molecule has 4 heteroatoms. The summed E-state index contributed by atoms with van der Waals surface area (Å²) in [6, 6.07) is 11.2. The van der Waals surface area contributed by atoms with Crippen molar-refractivity contribution in [2.45, 2.75) is 26.4 Å². The largest absolute Gasteiger partial charge is 0.379 e. The molecule has 1 aromatic heterocycles. The maximum absolute atomic E-state index is 14.1. The van der Waals surface area contributed by atoms with Gasteiger partial charge in [0.05, 0.1) is 17.9 Å². The molecular weight excluding hydrogens is 253 g/mol. The number of aromatic nitrogens is 1. The zero-order valence-corrected chi connectivity index (χ0v) is 12.1. The monoisotopic (exact) mass is 273 g/mol. The molecule has 0 aliphatic rings. The lowest BCUT2D eigenvalue weighted by atomic mass is 10.2. The van der Waals surface area contributed by atoms with Crippen LogP contribution in [0.2, 0.25) is 0 Å². The van der Waals surface area contributed by atoms with Crippen molar-refractivity contribution in [3.63, 3.8) is 0 Å². The highest BCUT2D eigenvalue weighted by molar-refractivity contribution is 5.56. The molecule has 0 radical (unpaired) electrons. The zero-order valence-electron chi connectivity index (χ0n) is 12.1. The topological polar surface area (TPSA) is 28.2 Å². The summed E-state index contributed by atoms with van der Waals surface area (Å²) >= 11 is 0. The standard InChI is InChI=1S/C16H20FN3/c1-12(2)20(3)16-8-7-13(10-15(16)17)19-11-14-6-4-5-9-18-14/h4-10,12,19H,11H2,1-3H3. The Kier molecular flexibility index (Phi) is 4.56. The van der Waals surface area contributed by atoms with Crippen LogP contribution in [-0.2, 0) is 6.54 Å². The highest BCUT2D eigenvalue weighted by atomic mass is 19.1. The van der Waals surface area contributed by atoms with Crippen molar-refractivity contribution in [1.82, 2.24) is 4.98 Å². The number of nitrogens with one attached hydrogen (secondary N) is 1. The average molecular weight is 273 g/mol. The van der Waals surface area contributed by atoms with Crippen LogP contribution in [0.15, 0.2) is 42.6 Å². The maximum Gasteiger partial charge on any atom is 0.148 e. The highest BCUT2D eigenvalue weighted by Crippen LogP contribution is 2.23. The van der Waals surface area contributed by atoms with Crippen molar-refractivity contribution >= 4 is 11.4 Å². The van der Waals surface area contributed by atoms with Crippen molar-refractivity contribution < 1.29 is 4.39 Å². The summed E-state index contributed by atoms with van der Waals surface area (Å²) in [5.41, 5.74) is 2.30. The molecule has 3 nitrogen and oxygen atoms in total. The molecule has 106 valence electrons. The second-order valence-corrected chi connectivity index (χ2v) is 5.05. The van der Waals surface area contributed by atoms with Gasteiger partial charge in [0.15, 0.2) is 0 Å². The van der Waals surface area contributed by atoms with Gasteiger partial charge in [-0.3, -0.25) is 4.98 Å². The van der Waals surface area contributed by atoms with Crippen LogP contribution in [0.4, 0.5) is 15.8 Å². The van der Waals surface area contributed by atoms with E-state index in [2.05, 4.69) is 10.3 Å². The lowest BCUT2D eigenvalue weighted by molar-refractivity contribution is 0.614. The molecule has 0 fully saturated rings. The number of nitrogens with zero attached hydrogens (tertiary/aromatic N) is 2. The Morgan fingerprint density at radius 2 is 2.05 bits per heavy atom. The number of hydrogen-bond donors (Lipinski definition) is 1. The van der Waals surface area contributed by atoms with Crippen molar-refractivity contribution in [1.29, 1.82) is 0 Å². The first-order valence-electron chi connectivity index (χ1n) is 6.74. The van der Waals surface area contributed by atoms with Gasteiger partial charge in [0.2, 0.25) is 0 Å². The third kappa shape index (κ3) is 3.47. The Hall–Kier alpha value is -2.10. The lowest BCUT2D eigenvalue weighted by Crippen LogP contribution is -2.26. The van der Waals surface area contributed by atoms with E-state index in [1.54, 1.807) is 12.3 Å². The second-order valence-electron chi connectivity index (χ2n) is 5.05. The summed E-state index contributed by atoms with van der Waals surface area (Å²) in [6.45, 7) is 4.65. The van der Waals surface area contributed by atoms with Gasteiger partial charge in [-0.15, -0.1) is 0 Å². The van der Waals surface area contributed by atoms with Gasteiger partial charge in [0.25, 0.3) is 0 Å². The zero-order chi connectivity index (χ0) is 14.5. The molecule has 0 amide bonds. The van der Waals surface area contributed by atoms with Crippen molar-refractivity contribution in [3.05, 3.63) is 54.1 Å². The Morgan fingerprint density at radius 1 is 1.25 bits per heavy atom. The molecular formula is C16H20FN3. The second kappa shape index (κ2) is 6.37. The van der Waals surface area contributed by atoms with Crippen molar-refractivity contribution in [2.75, 3.05) is 17.3 Å². The molecule has 0 aliphatic carbocycles. The van der Waals surface area contributed by atoms with Crippen LogP contribution in [-0.4, -0.2) is 18.1 Å². The van der Waals surface area contributed by atoms with Gasteiger partial charge in [-0.1, -0.05) is 6.07 Å². The molecule has 20 heavy (non-hydrogen) atoms. The fourth-order valence-corrected chi connectivity index (χ4v) is 1.88. The fraction of sp³-hybridized carbons (Fsp3) is 0.312. The molecule has 0 saturated carbocycles. The first kappa shape index (κ1) is 14.3. The Morgan fingerprint density at radius 3 is 2.65 bits per heavy atom. The van der Waals surface area contributed by atoms with E-state index < -0.39 is 0 Å². The molecule has 1 heterocycles. The normalized spacial score (nSPS) is 10.7. The summed E-state index contributed by atoms with van der Waals surface area (Å²) < 4.78 is 14.1. The van der Waals surface area contributed by atoms with Crippen LogP contribution in [0.3, 0.4) is 0 Å². The fourth-order valence-electron chi connectivity index (χ4n) is 1.88. The molecule has 2 rings (SSSR count). The number of pyridine rings is 1. The Labute approximate surface area is 119 Å². The minimum Gasteiger partial charge on any atom is -0.379 e. The number of rotatable bonds is 5. The van der Waals surface area contributed by atoms with E-state index >= 15 is 0 Å². The predicted molar refractivity (Wildman–Crippen MR) is 81.5 cm³/mol. The summed E-state index contributed by atoms with van der Waals surface area (Å²) in [5.74, 6) is -0.216. The summed E-state index contributed by atoms with van der Waals surface area (Å²) in [4.78, 5) is 6.14. The van der Waals surface area contributed by atoms with E-state index in [9.17, 15) is 4.39 Å². The summed E-state index contributed by atoms with van der Waals surface area (Å²) in [7, 11) is 1.89. The van der Waals surface area contributed by atoms with E-state index in [0.29, 0.717) is 12.2 Å². The van der Waals surface area contributed by atoms with Gasteiger partial charge in [-0.2, -0.15) is 0 Å². The third-order valence-corrected chi connectivity index (χ3v) is 3.30. The van der Waals surface area contributed by atoms with E-state index in [1.807, 2.05) is 50.1 Å². The van der Waals surface area contributed by atoms with Crippen LogP contribution in [0.25, 0.3) is 0 Å². The summed E-state index contributed by atoms with van der Waals surface area (Å²) in [5, 5.41) is 3.18. The van der Waals surface area contributed by atoms with E-state index in [-0.39, 0.29) is 11.9 Å². The van der Waals surface area contributed by atoms with Gasteiger partial charge in [0.1, 0.15) is 5.82 Å². The third-order valence-electron chi connectivity index (χ3n) is 3.30. The predicted octanol–water partition coefficient (Wildman–Crippen LogP) is 3.68. The van der Waals surface area contributed by atoms with Gasteiger partial charge in [-0.25, -0.2) is 4.39 Å². The first-order valence-corrected chi connectivity index (χ1v) is 6.74. The minimum atomic E-state index is -0.216. The number of anilines is 2. The first-order chi connectivity index (χ1) is 9.58. The average Bonchev–Trinajstić information content (AvgIpc) is 2.45. The van der Waals surface area contributed by atoms with Gasteiger partial charge in [-0.05, 0) is 44.2 Å². The molecule has 2 aromatic rings. The van der Waals surface area contributed by atoms with E-state index in [0.717, 1.165) is 11.4 Å². The molecule has 1 N–H and O–H groups in total. The van der Waals surface area contributed by atoms with Crippen LogP contribution in [0.5, 0.6) is 0 Å². The van der Waals surface area contributed by atoms with Crippen LogP contribution < -0.4 is 10.2 Å². The molecule has 0 bridgehead atoms. The number of hydrogen-bond acceptors (Lipinski definition) is 3. The molecule has 0 saturated heterocycles. The van der Waals surface area contributed by atoms with Crippen LogP contribution in [0.1, 0.15) is 19.5 Å². The van der Waals surface area contributed by atoms with Crippen LogP contribution in [0, 0.1) is 5.82 Å². The minimum absolute atomic E-state index is 0.216. The van der Waals surface area contributed by atoms with E-state index in [4.69, 9.17) is 0 Å². The molecule has 0 spiro atoms. The molecule has 0 unspecified atom stereocenters. The van der Waals surface area contributed by atoms with E-state index in [1.165, 1.54) is 6.07 Å². The Balaban J connectivity index is 2.06. The number of halogens is 1. The SMILES string of the molecule is CC(C)N(C)c1ccc(NCc2ccccn2)cc1F. The molecule has 1 aromatic carbocycles. The van der Waals surface area contributed by atoms with Gasteiger partial charge < -0.3 is 10.2 Å². The molecule has 0 atom stereocenters. The van der Waals surface area contributed by atoms with Gasteiger partial charge >= 0.3 is 0 Å². The molecule has 0 aliphatic heterocycles. The van der Waals surface area contributed by atoms with Gasteiger partial charge in [0, 0.05) is 25.0 Å². The quantitative estimate of drug-likeness (QED) is 0.900. The van der Waals surface area contributed by atoms with Crippen molar-refractivity contribution in [2.24, 2.45) is 0 Å².